The summed E-state index contributed by atoms with van der Waals surface area (Å²) in [5, 5.41) is 9.27. The Bertz CT molecular complexity index is 654. The first-order valence-corrected chi connectivity index (χ1v) is 7.35. The molecule has 122 valence electrons. The van der Waals surface area contributed by atoms with Crippen LogP contribution in [0.25, 0.3) is 0 Å². The smallest absolute Gasteiger partial charge is 0.219 e. The number of nitrogens with zero attached hydrogens (tertiary/aromatic N) is 2. The summed E-state index contributed by atoms with van der Waals surface area (Å²) in [6.45, 7) is 4.73. The number of nitrogens with one attached hydrogen (secondary N) is 1. The number of ether oxygens (including phenoxy) is 2. The number of amidine groups is 1. The van der Waals surface area contributed by atoms with Crippen molar-refractivity contribution in [3.05, 3.63) is 48.2 Å². The van der Waals surface area contributed by atoms with Crippen LogP contribution in [0.5, 0.6) is 17.4 Å². The van der Waals surface area contributed by atoms with Gasteiger partial charge in [0.15, 0.2) is 5.84 Å². The van der Waals surface area contributed by atoms with Gasteiger partial charge >= 0.3 is 0 Å². The monoisotopic (exact) mass is 315 g/mol. The van der Waals surface area contributed by atoms with Crippen molar-refractivity contribution in [1.82, 2.24) is 10.5 Å². The quantitative estimate of drug-likeness (QED) is 0.486. The van der Waals surface area contributed by atoms with Crippen LogP contribution in [0, 0.1) is 5.92 Å². The van der Waals surface area contributed by atoms with E-state index in [0.29, 0.717) is 35.5 Å². The Hall–Kier alpha value is -2.60. The standard InChI is InChI=1S/C17H21N3O3/c1-12(2)11-19-17(20-21)13-8-9-18-16(10-13)23-15-6-4-14(22-3)5-7-15/h4-10,12,21H,11H2,1-3H3,(H,19,20). The molecule has 0 aliphatic heterocycles. The first-order valence-electron chi connectivity index (χ1n) is 7.35. The molecule has 0 unspecified atom stereocenters. The third-order valence-corrected chi connectivity index (χ3v) is 3.01. The van der Waals surface area contributed by atoms with Gasteiger partial charge in [0, 0.05) is 24.4 Å². The van der Waals surface area contributed by atoms with Gasteiger partial charge in [-0.25, -0.2) is 4.98 Å². The average molecular weight is 315 g/mol. The van der Waals surface area contributed by atoms with Crippen LogP contribution in [0.1, 0.15) is 19.4 Å². The number of hydrogen-bond acceptors (Lipinski definition) is 5. The maximum atomic E-state index is 9.27. The van der Waals surface area contributed by atoms with E-state index in [1.165, 1.54) is 0 Å². The molecule has 0 bridgehead atoms. The molecule has 0 fully saturated rings. The number of hydroxylamine groups is 1. The van der Waals surface area contributed by atoms with Crippen molar-refractivity contribution in [2.45, 2.75) is 13.8 Å². The van der Waals surface area contributed by atoms with Crippen LogP contribution < -0.4 is 15.0 Å². The van der Waals surface area contributed by atoms with E-state index in [0.717, 1.165) is 5.75 Å². The van der Waals surface area contributed by atoms with Crippen molar-refractivity contribution in [2.24, 2.45) is 10.9 Å². The Balaban J connectivity index is 2.16. The predicted octanol–water partition coefficient (Wildman–Crippen LogP) is 3.26. The highest BCUT2D eigenvalue weighted by Gasteiger charge is 2.06. The maximum absolute atomic E-state index is 9.27. The lowest BCUT2D eigenvalue weighted by atomic mass is 10.2. The summed E-state index contributed by atoms with van der Waals surface area (Å²) < 4.78 is 10.8. The normalized spacial score (nSPS) is 11.4. The number of rotatable bonds is 6. The molecule has 0 saturated heterocycles. The zero-order chi connectivity index (χ0) is 16.7. The molecule has 0 aliphatic rings. The van der Waals surface area contributed by atoms with Gasteiger partial charge < -0.3 is 9.47 Å². The molecule has 0 amide bonds. The second-order valence-corrected chi connectivity index (χ2v) is 5.36. The molecule has 1 aromatic carbocycles. The molecular formula is C17H21N3O3. The second-order valence-electron chi connectivity index (χ2n) is 5.36. The van der Waals surface area contributed by atoms with Gasteiger partial charge in [-0.2, -0.15) is 0 Å². The number of pyridine rings is 1. The summed E-state index contributed by atoms with van der Waals surface area (Å²) in [5.74, 6) is 2.61. The average Bonchev–Trinajstić information content (AvgIpc) is 2.56. The van der Waals surface area contributed by atoms with E-state index in [1.807, 2.05) is 12.1 Å². The highest BCUT2D eigenvalue weighted by atomic mass is 16.5. The summed E-state index contributed by atoms with van der Waals surface area (Å²) in [4.78, 5) is 8.51. The number of benzene rings is 1. The van der Waals surface area contributed by atoms with E-state index in [1.54, 1.807) is 37.6 Å². The van der Waals surface area contributed by atoms with Crippen molar-refractivity contribution < 1.29 is 14.7 Å². The van der Waals surface area contributed by atoms with Crippen LogP contribution in [0.3, 0.4) is 0 Å². The summed E-state index contributed by atoms with van der Waals surface area (Å²) in [6.07, 6.45) is 1.61. The van der Waals surface area contributed by atoms with Crippen molar-refractivity contribution in [3.63, 3.8) is 0 Å². The van der Waals surface area contributed by atoms with Crippen LogP contribution >= 0.6 is 0 Å². The molecule has 0 atom stereocenters. The maximum Gasteiger partial charge on any atom is 0.219 e. The van der Waals surface area contributed by atoms with Crippen LogP contribution in [0.4, 0.5) is 0 Å². The second kappa shape index (κ2) is 8.14. The molecule has 1 heterocycles. The Labute approximate surface area is 135 Å². The van der Waals surface area contributed by atoms with E-state index >= 15 is 0 Å². The van der Waals surface area contributed by atoms with E-state index < -0.39 is 0 Å². The molecule has 0 saturated carbocycles. The van der Waals surface area contributed by atoms with Gasteiger partial charge in [-0.3, -0.25) is 15.7 Å². The summed E-state index contributed by atoms with van der Waals surface area (Å²) >= 11 is 0. The SMILES string of the molecule is COc1ccc(Oc2cc(C(=NCC(C)C)NO)ccn2)cc1. The number of hydrogen-bond donors (Lipinski definition) is 2. The highest BCUT2D eigenvalue weighted by Crippen LogP contribution is 2.22. The lowest BCUT2D eigenvalue weighted by Crippen LogP contribution is -2.21. The van der Waals surface area contributed by atoms with E-state index in [4.69, 9.17) is 9.47 Å². The molecular weight excluding hydrogens is 294 g/mol. The number of aromatic nitrogens is 1. The molecule has 2 N–H and O–H groups in total. The third kappa shape index (κ3) is 4.96. The first kappa shape index (κ1) is 16.8. The molecule has 6 nitrogen and oxygen atoms in total. The largest absolute Gasteiger partial charge is 0.497 e. The Morgan fingerprint density at radius 1 is 1.22 bits per heavy atom. The highest BCUT2D eigenvalue weighted by molar-refractivity contribution is 5.98. The Morgan fingerprint density at radius 3 is 2.52 bits per heavy atom. The van der Waals surface area contributed by atoms with Gasteiger partial charge in [-0.15, -0.1) is 0 Å². The fraction of sp³-hybridized carbons (Fsp3) is 0.294. The van der Waals surface area contributed by atoms with Crippen molar-refractivity contribution in [3.8, 4) is 17.4 Å². The van der Waals surface area contributed by atoms with E-state index in [9.17, 15) is 5.21 Å². The van der Waals surface area contributed by atoms with Gasteiger partial charge in [0.25, 0.3) is 0 Å². The number of aliphatic imine (C=N–C) groups is 1. The Kier molecular flexibility index (Phi) is 5.94. The molecule has 0 aliphatic carbocycles. The Morgan fingerprint density at radius 2 is 1.91 bits per heavy atom. The van der Waals surface area contributed by atoms with E-state index in [-0.39, 0.29) is 0 Å². The number of methoxy groups -OCH3 is 1. The van der Waals surface area contributed by atoms with Gasteiger partial charge in [-0.05, 0) is 36.2 Å². The lowest BCUT2D eigenvalue weighted by Gasteiger charge is -2.09. The minimum Gasteiger partial charge on any atom is -0.497 e. The topological polar surface area (TPSA) is 76.0 Å². The van der Waals surface area contributed by atoms with Crippen molar-refractivity contribution >= 4 is 5.84 Å². The molecule has 6 heteroatoms. The van der Waals surface area contributed by atoms with Gasteiger partial charge in [-0.1, -0.05) is 13.8 Å². The van der Waals surface area contributed by atoms with Gasteiger partial charge in [0.05, 0.1) is 7.11 Å². The zero-order valence-electron chi connectivity index (χ0n) is 13.5. The summed E-state index contributed by atoms with van der Waals surface area (Å²) in [5.41, 5.74) is 2.83. The third-order valence-electron chi connectivity index (χ3n) is 3.01. The molecule has 23 heavy (non-hydrogen) atoms. The van der Waals surface area contributed by atoms with Crippen LogP contribution in [0.15, 0.2) is 47.6 Å². The molecule has 0 radical (unpaired) electrons. The van der Waals surface area contributed by atoms with Gasteiger partial charge in [0.2, 0.25) is 5.88 Å². The van der Waals surface area contributed by atoms with Crippen LogP contribution in [-0.4, -0.2) is 29.7 Å². The zero-order valence-corrected chi connectivity index (χ0v) is 13.5. The lowest BCUT2D eigenvalue weighted by molar-refractivity contribution is 0.234. The van der Waals surface area contributed by atoms with Crippen LogP contribution in [-0.2, 0) is 0 Å². The van der Waals surface area contributed by atoms with Crippen molar-refractivity contribution in [2.75, 3.05) is 13.7 Å². The minimum atomic E-state index is 0.390. The molecule has 2 aromatic rings. The molecule has 2 rings (SSSR count). The van der Waals surface area contributed by atoms with E-state index in [2.05, 4.69) is 29.3 Å². The minimum absolute atomic E-state index is 0.390. The summed E-state index contributed by atoms with van der Waals surface area (Å²) in [6, 6.07) is 10.7. The van der Waals surface area contributed by atoms with Gasteiger partial charge in [0.1, 0.15) is 11.5 Å². The van der Waals surface area contributed by atoms with Crippen LogP contribution in [0.2, 0.25) is 0 Å². The molecule has 0 spiro atoms. The first-order chi connectivity index (χ1) is 11.1. The fourth-order valence-electron chi connectivity index (χ4n) is 1.84. The summed E-state index contributed by atoms with van der Waals surface area (Å²) in [7, 11) is 1.61. The van der Waals surface area contributed by atoms with Crippen molar-refractivity contribution in [1.29, 1.82) is 0 Å². The molecule has 1 aromatic heterocycles. The fourth-order valence-corrected chi connectivity index (χ4v) is 1.84. The predicted molar refractivity (Wildman–Crippen MR) is 88.5 cm³/mol.